The molecular formula is C15H11ClF3N3S. The third-order valence-corrected chi connectivity index (χ3v) is 3.29. The molecule has 120 valence electrons. The van der Waals surface area contributed by atoms with Crippen molar-refractivity contribution in [1.29, 1.82) is 0 Å². The van der Waals surface area contributed by atoms with Gasteiger partial charge >= 0.3 is 6.18 Å². The lowest BCUT2D eigenvalue weighted by Crippen LogP contribution is -2.25. The molecule has 2 N–H and O–H groups in total. The van der Waals surface area contributed by atoms with Crippen LogP contribution in [0.5, 0.6) is 0 Å². The summed E-state index contributed by atoms with van der Waals surface area (Å²) < 4.78 is 38.6. The molecule has 0 aliphatic carbocycles. The molecule has 0 fully saturated rings. The number of halogens is 4. The van der Waals surface area contributed by atoms with Crippen LogP contribution in [0, 0.1) is 0 Å². The summed E-state index contributed by atoms with van der Waals surface area (Å²) in [6.07, 6.45) is -3.05. The van der Waals surface area contributed by atoms with Crippen molar-refractivity contribution in [2.75, 3.05) is 5.32 Å². The van der Waals surface area contributed by atoms with Crippen LogP contribution < -0.4 is 10.7 Å². The molecule has 0 bridgehead atoms. The van der Waals surface area contributed by atoms with Gasteiger partial charge in [-0.3, -0.25) is 5.43 Å². The zero-order valence-electron chi connectivity index (χ0n) is 11.6. The van der Waals surface area contributed by atoms with Crippen LogP contribution in [0.25, 0.3) is 0 Å². The maximum Gasteiger partial charge on any atom is 0.418 e. The van der Waals surface area contributed by atoms with Crippen molar-refractivity contribution >= 4 is 40.8 Å². The highest BCUT2D eigenvalue weighted by Gasteiger charge is 2.33. The van der Waals surface area contributed by atoms with Crippen molar-refractivity contribution in [1.82, 2.24) is 5.43 Å². The second kappa shape index (κ2) is 7.43. The van der Waals surface area contributed by atoms with Crippen LogP contribution in [0.3, 0.4) is 0 Å². The van der Waals surface area contributed by atoms with Gasteiger partial charge in [0.1, 0.15) is 0 Å². The van der Waals surface area contributed by atoms with Crippen LogP contribution >= 0.6 is 23.8 Å². The van der Waals surface area contributed by atoms with E-state index < -0.39 is 11.7 Å². The van der Waals surface area contributed by atoms with Gasteiger partial charge in [-0.25, -0.2) is 0 Å². The number of hydrazone groups is 1. The van der Waals surface area contributed by atoms with Gasteiger partial charge in [0, 0.05) is 10.6 Å². The third-order valence-electron chi connectivity index (χ3n) is 2.76. The quantitative estimate of drug-likeness (QED) is 0.476. The smallest absolute Gasteiger partial charge is 0.331 e. The van der Waals surface area contributed by atoms with Crippen LogP contribution in [0.4, 0.5) is 18.9 Å². The lowest BCUT2D eigenvalue weighted by Gasteiger charge is -2.14. The minimum absolute atomic E-state index is 0.0648. The first kappa shape index (κ1) is 17.2. The molecule has 23 heavy (non-hydrogen) atoms. The predicted molar refractivity (Wildman–Crippen MR) is 89.8 cm³/mol. The second-order valence-corrected chi connectivity index (χ2v) is 5.20. The van der Waals surface area contributed by atoms with E-state index in [1.54, 1.807) is 24.3 Å². The zero-order chi connectivity index (χ0) is 16.9. The maximum absolute atomic E-state index is 12.9. The molecule has 2 aromatic carbocycles. The van der Waals surface area contributed by atoms with E-state index in [4.69, 9.17) is 23.8 Å². The van der Waals surface area contributed by atoms with Crippen molar-refractivity contribution in [3.63, 3.8) is 0 Å². The lowest BCUT2D eigenvalue weighted by molar-refractivity contribution is -0.136. The number of nitrogens with one attached hydrogen (secondary N) is 2. The Morgan fingerprint density at radius 3 is 2.43 bits per heavy atom. The highest BCUT2D eigenvalue weighted by Crippen LogP contribution is 2.34. The summed E-state index contributed by atoms with van der Waals surface area (Å²) in [5.41, 5.74) is 2.15. The number of nitrogens with zero attached hydrogens (tertiary/aromatic N) is 1. The normalized spacial score (nSPS) is 11.5. The van der Waals surface area contributed by atoms with Gasteiger partial charge in [0.05, 0.1) is 17.5 Å². The van der Waals surface area contributed by atoms with Gasteiger partial charge in [0.15, 0.2) is 5.11 Å². The van der Waals surface area contributed by atoms with E-state index in [9.17, 15) is 13.2 Å². The van der Waals surface area contributed by atoms with Gasteiger partial charge in [-0.2, -0.15) is 18.3 Å². The number of anilines is 1. The average Bonchev–Trinajstić information content (AvgIpc) is 2.49. The lowest BCUT2D eigenvalue weighted by atomic mass is 10.2. The van der Waals surface area contributed by atoms with E-state index in [-0.39, 0.29) is 10.8 Å². The number of benzene rings is 2. The van der Waals surface area contributed by atoms with Crippen molar-refractivity contribution in [2.24, 2.45) is 5.10 Å². The van der Waals surface area contributed by atoms with Gasteiger partial charge in [0.2, 0.25) is 0 Å². The number of hydrogen-bond acceptors (Lipinski definition) is 2. The average molecular weight is 358 g/mol. The van der Waals surface area contributed by atoms with Crippen molar-refractivity contribution < 1.29 is 13.2 Å². The molecule has 2 aromatic rings. The van der Waals surface area contributed by atoms with Crippen molar-refractivity contribution in [3.8, 4) is 0 Å². The molecule has 0 unspecified atom stereocenters. The first-order valence-corrected chi connectivity index (χ1v) is 7.17. The summed E-state index contributed by atoms with van der Waals surface area (Å²) in [5, 5.41) is 6.75. The molecule has 0 aliphatic rings. The fourth-order valence-electron chi connectivity index (χ4n) is 1.73. The Bertz CT molecular complexity index is 732. The van der Waals surface area contributed by atoms with Crippen LogP contribution in [-0.2, 0) is 6.18 Å². The monoisotopic (exact) mass is 357 g/mol. The highest BCUT2D eigenvalue weighted by atomic mass is 35.5. The van der Waals surface area contributed by atoms with E-state index in [1.165, 1.54) is 24.4 Å². The molecule has 0 amide bonds. The van der Waals surface area contributed by atoms with Gasteiger partial charge in [-0.05, 0) is 30.4 Å². The first-order valence-electron chi connectivity index (χ1n) is 6.39. The van der Waals surface area contributed by atoms with E-state index in [1.807, 2.05) is 0 Å². The number of rotatable bonds is 3. The summed E-state index contributed by atoms with van der Waals surface area (Å²) in [5.74, 6) is 0. The topological polar surface area (TPSA) is 36.4 Å². The molecular weight excluding hydrogens is 347 g/mol. The van der Waals surface area contributed by atoms with E-state index >= 15 is 0 Å². The molecule has 0 spiro atoms. The number of hydrogen-bond donors (Lipinski definition) is 2. The van der Waals surface area contributed by atoms with Gasteiger partial charge in [-0.1, -0.05) is 41.9 Å². The van der Waals surface area contributed by atoms with Gasteiger partial charge in [0.25, 0.3) is 0 Å². The van der Waals surface area contributed by atoms with Crippen LogP contribution in [0.2, 0.25) is 5.02 Å². The highest BCUT2D eigenvalue weighted by molar-refractivity contribution is 7.80. The van der Waals surface area contributed by atoms with E-state index in [0.717, 1.165) is 6.07 Å². The zero-order valence-corrected chi connectivity index (χ0v) is 13.1. The standard InChI is InChI=1S/C15H11ClF3N3S/c16-12-7-3-1-5-10(12)9-20-22-14(23)21-13-8-4-2-6-11(13)15(17,18)19/h1-9H,(H2,21,22,23)/b20-9-. The molecule has 0 saturated heterocycles. The summed E-state index contributed by atoms with van der Waals surface area (Å²) in [7, 11) is 0. The third kappa shape index (κ3) is 4.94. The van der Waals surface area contributed by atoms with Crippen LogP contribution in [0.1, 0.15) is 11.1 Å². The molecule has 0 aromatic heterocycles. The van der Waals surface area contributed by atoms with Gasteiger partial charge in [-0.15, -0.1) is 0 Å². The Labute approximate surface area is 141 Å². The fraction of sp³-hybridized carbons (Fsp3) is 0.0667. The maximum atomic E-state index is 12.9. The molecule has 3 nitrogen and oxygen atoms in total. The largest absolute Gasteiger partial charge is 0.418 e. The Balaban J connectivity index is 2.03. The summed E-state index contributed by atoms with van der Waals surface area (Å²) in [6, 6.07) is 12.0. The van der Waals surface area contributed by atoms with Crippen LogP contribution in [-0.4, -0.2) is 11.3 Å². The Kier molecular flexibility index (Phi) is 5.57. The molecule has 0 heterocycles. The van der Waals surface area contributed by atoms with Crippen molar-refractivity contribution in [2.45, 2.75) is 6.18 Å². The molecule has 0 radical (unpaired) electrons. The Hall–Kier alpha value is -2.12. The summed E-state index contributed by atoms with van der Waals surface area (Å²) in [4.78, 5) is 0. The number of thiocarbonyl (C=S) groups is 1. The molecule has 0 atom stereocenters. The molecule has 0 saturated carbocycles. The van der Waals surface area contributed by atoms with E-state index in [0.29, 0.717) is 10.6 Å². The molecule has 2 rings (SSSR count). The fourth-order valence-corrected chi connectivity index (χ4v) is 2.08. The minimum Gasteiger partial charge on any atom is -0.331 e. The Morgan fingerprint density at radius 1 is 1.09 bits per heavy atom. The van der Waals surface area contributed by atoms with Crippen molar-refractivity contribution in [3.05, 3.63) is 64.7 Å². The summed E-state index contributed by atoms with van der Waals surface area (Å²) in [6.45, 7) is 0. The first-order chi connectivity index (χ1) is 10.9. The second-order valence-electron chi connectivity index (χ2n) is 4.39. The Morgan fingerprint density at radius 2 is 1.74 bits per heavy atom. The van der Waals surface area contributed by atoms with E-state index in [2.05, 4.69) is 15.8 Å². The molecule has 8 heteroatoms. The van der Waals surface area contributed by atoms with Crippen LogP contribution in [0.15, 0.2) is 53.6 Å². The molecule has 0 aliphatic heterocycles. The summed E-state index contributed by atoms with van der Waals surface area (Å²) >= 11 is 10.9. The SMILES string of the molecule is FC(F)(F)c1ccccc1NC(=S)N/N=C\c1ccccc1Cl. The minimum atomic E-state index is -4.47. The number of para-hydroxylation sites is 1. The predicted octanol–water partition coefficient (Wildman–Crippen LogP) is 4.68. The van der Waals surface area contributed by atoms with Gasteiger partial charge < -0.3 is 5.32 Å². The number of alkyl halides is 3.